The first-order valence-electron chi connectivity index (χ1n) is 7.54. The number of aromatic amines is 1. The van der Waals surface area contributed by atoms with Crippen molar-refractivity contribution in [2.75, 3.05) is 5.32 Å². The first-order valence-corrected chi connectivity index (χ1v) is 7.54. The van der Waals surface area contributed by atoms with Crippen molar-refractivity contribution in [3.05, 3.63) is 54.1 Å². The third-order valence-electron chi connectivity index (χ3n) is 3.25. The lowest BCUT2D eigenvalue weighted by atomic mass is 10.1. The average molecular weight is 323 g/mol. The third-order valence-corrected chi connectivity index (χ3v) is 3.25. The lowest BCUT2D eigenvalue weighted by Crippen LogP contribution is -2.12. The molecule has 1 heterocycles. The van der Waals surface area contributed by atoms with Gasteiger partial charge in [0.05, 0.1) is 6.10 Å². The lowest BCUT2D eigenvalue weighted by molar-refractivity contribution is 0.102. The Balaban J connectivity index is 1.66. The molecular formula is C17H17N5O2. The number of aromatic nitrogens is 4. The SMILES string of the molecule is CC(C)Oc1ccc(NC(=O)c2ccc(-c3nnn[nH]3)cc2)cc1. The van der Waals surface area contributed by atoms with E-state index in [1.165, 1.54) is 0 Å². The fourth-order valence-corrected chi connectivity index (χ4v) is 2.15. The van der Waals surface area contributed by atoms with Gasteiger partial charge < -0.3 is 10.1 Å². The van der Waals surface area contributed by atoms with Crippen LogP contribution in [0.15, 0.2) is 48.5 Å². The molecule has 1 aromatic heterocycles. The van der Waals surface area contributed by atoms with Crippen LogP contribution < -0.4 is 10.1 Å². The zero-order valence-corrected chi connectivity index (χ0v) is 13.4. The van der Waals surface area contributed by atoms with Crippen molar-refractivity contribution in [2.24, 2.45) is 0 Å². The minimum absolute atomic E-state index is 0.114. The molecule has 1 amide bonds. The van der Waals surface area contributed by atoms with Crippen LogP contribution in [0, 0.1) is 0 Å². The Kier molecular flexibility index (Phi) is 4.51. The summed E-state index contributed by atoms with van der Waals surface area (Å²) in [6, 6.07) is 14.3. The number of anilines is 1. The normalized spacial score (nSPS) is 10.6. The molecule has 3 rings (SSSR count). The molecule has 24 heavy (non-hydrogen) atoms. The van der Waals surface area contributed by atoms with Gasteiger partial charge in [-0.05, 0) is 60.7 Å². The molecule has 0 aliphatic carbocycles. The number of carbonyl (C=O) groups excluding carboxylic acids is 1. The second-order valence-corrected chi connectivity index (χ2v) is 5.47. The van der Waals surface area contributed by atoms with Gasteiger partial charge in [-0.2, -0.15) is 0 Å². The second kappa shape index (κ2) is 6.91. The first kappa shape index (κ1) is 15.7. The summed E-state index contributed by atoms with van der Waals surface area (Å²) in [6.07, 6.45) is 0.114. The van der Waals surface area contributed by atoms with E-state index in [0.29, 0.717) is 17.1 Å². The summed E-state index contributed by atoms with van der Waals surface area (Å²) in [5.74, 6) is 1.14. The fourth-order valence-electron chi connectivity index (χ4n) is 2.15. The van der Waals surface area contributed by atoms with E-state index in [0.717, 1.165) is 11.3 Å². The summed E-state index contributed by atoms with van der Waals surface area (Å²) in [7, 11) is 0. The highest BCUT2D eigenvalue weighted by molar-refractivity contribution is 6.04. The Bertz CT molecular complexity index is 796. The molecule has 0 aliphatic rings. The van der Waals surface area contributed by atoms with Crippen molar-refractivity contribution >= 4 is 11.6 Å². The molecule has 3 aromatic rings. The number of nitrogens with zero attached hydrogens (tertiary/aromatic N) is 3. The maximum Gasteiger partial charge on any atom is 0.255 e. The Hall–Kier alpha value is -3.22. The van der Waals surface area contributed by atoms with Crippen molar-refractivity contribution in [1.82, 2.24) is 20.6 Å². The Morgan fingerprint density at radius 1 is 1.08 bits per heavy atom. The molecule has 7 heteroatoms. The van der Waals surface area contributed by atoms with E-state index in [9.17, 15) is 4.79 Å². The van der Waals surface area contributed by atoms with E-state index < -0.39 is 0 Å². The van der Waals surface area contributed by atoms with E-state index in [-0.39, 0.29) is 12.0 Å². The van der Waals surface area contributed by atoms with Crippen molar-refractivity contribution < 1.29 is 9.53 Å². The molecule has 0 aliphatic heterocycles. The topological polar surface area (TPSA) is 92.8 Å². The molecule has 0 spiro atoms. The minimum atomic E-state index is -0.185. The Labute approximate surface area is 139 Å². The summed E-state index contributed by atoms with van der Waals surface area (Å²) in [5, 5.41) is 16.4. The van der Waals surface area contributed by atoms with Gasteiger partial charge in [0.15, 0.2) is 5.82 Å². The average Bonchev–Trinajstić information content (AvgIpc) is 3.11. The highest BCUT2D eigenvalue weighted by atomic mass is 16.5. The van der Waals surface area contributed by atoms with Gasteiger partial charge in [0.25, 0.3) is 5.91 Å². The van der Waals surface area contributed by atoms with Crippen LogP contribution >= 0.6 is 0 Å². The van der Waals surface area contributed by atoms with Gasteiger partial charge in [-0.15, -0.1) is 5.10 Å². The van der Waals surface area contributed by atoms with E-state index in [1.54, 1.807) is 24.3 Å². The standard InChI is InChI=1S/C17H17N5O2/c1-11(2)24-15-9-7-14(8-10-15)18-17(23)13-5-3-12(4-6-13)16-19-21-22-20-16/h3-11H,1-2H3,(H,18,23)(H,19,20,21,22). The lowest BCUT2D eigenvalue weighted by Gasteiger charge is -2.10. The molecule has 122 valence electrons. The number of benzene rings is 2. The van der Waals surface area contributed by atoms with Gasteiger partial charge in [0, 0.05) is 16.8 Å². The van der Waals surface area contributed by atoms with Crippen LogP contribution in [0.4, 0.5) is 5.69 Å². The number of nitrogens with one attached hydrogen (secondary N) is 2. The molecule has 0 saturated carbocycles. The third kappa shape index (κ3) is 3.75. The molecule has 0 atom stereocenters. The van der Waals surface area contributed by atoms with E-state index >= 15 is 0 Å². The maximum atomic E-state index is 12.3. The van der Waals surface area contributed by atoms with Crippen LogP contribution in [0.1, 0.15) is 24.2 Å². The van der Waals surface area contributed by atoms with Gasteiger partial charge >= 0.3 is 0 Å². The highest BCUT2D eigenvalue weighted by Crippen LogP contribution is 2.18. The minimum Gasteiger partial charge on any atom is -0.491 e. The highest BCUT2D eigenvalue weighted by Gasteiger charge is 2.08. The quantitative estimate of drug-likeness (QED) is 0.753. The number of H-pyrrole nitrogens is 1. The number of rotatable bonds is 5. The largest absolute Gasteiger partial charge is 0.491 e. The maximum absolute atomic E-state index is 12.3. The van der Waals surface area contributed by atoms with Gasteiger partial charge in [-0.25, -0.2) is 5.10 Å². The predicted molar refractivity (Wildman–Crippen MR) is 89.8 cm³/mol. The molecule has 0 radical (unpaired) electrons. The van der Waals surface area contributed by atoms with Crippen LogP contribution in [0.3, 0.4) is 0 Å². The zero-order valence-electron chi connectivity index (χ0n) is 13.4. The van der Waals surface area contributed by atoms with Crippen LogP contribution in [0.2, 0.25) is 0 Å². The van der Waals surface area contributed by atoms with Gasteiger partial charge in [-0.3, -0.25) is 4.79 Å². The molecule has 2 N–H and O–H groups in total. The van der Waals surface area contributed by atoms with E-state index in [1.807, 2.05) is 38.1 Å². The number of hydrogen-bond donors (Lipinski definition) is 2. The predicted octanol–water partition coefficient (Wildman–Crippen LogP) is 2.91. The first-order chi connectivity index (χ1) is 11.6. The summed E-state index contributed by atoms with van der Waals surface area (Å²) < 4.78 is 5.58. The summed E-state index contributed by atoms with van der Waals surface area (Å²) in [5.41, 5.74) is 2.07. The Morgan fingerprint density at radius 2 is 1.79 bits per heavy atom. The summed E-state index contributed by atoms with van der Waals surface area (Å²) in [4.78, 5) is 12.3. The Morgan fingerprint density at radius 3 is 2.38 bits per heavy atom. The molecule has 0 bridgehead atoms. The van der Waals surface area contributed by atoms with Crippen molar-refractivity contribution in [2.45, 2.75) is 20.0 Å². The van der Waals surface area contributed by atoms with Gasteiger partial charge in [0.2, 0.25) is 0 Å². The monoisotopic (exact) mass is 323 g/mol. The number of tetrazole rings is 1. The van der Waals surface area contributed by atoms with Crippen LogP contribution in [-0.4, -0.2) is 32.6 Å². The van der Waals surface area contributed by atoms with Gasteiger partial charge in [0.1, 0.15) is 5.75 Å². The fraction of sp³-hybridized carbons (Fsp3) is 0.176. The van der Waals surface area contributed by atoms with Crippen molar-refractivity contribution in [3.63, 3.8) is 0 Å². The smallest absolute Gasteiger partial charge is 0.255 e. The molecule has 0 unspecified atom stereocenters. The summed E-state index contributed by atoms with van der Waals surface area (Å²) in [6.45, 7) is 3.93. The van der Waals surface area contributed by atoms with Crippen LogP contribution in [0.5, 0.6) is 5.75 Å². The van der Waals surface area contributed by atoms with Crippen LogP contribution in [-0.2, 0) is 0 Å². The van der Waals surface area contributed by atoms with Crippen LogP contribution in [0.25, 0.3) is 11.4 Å². The number of hydrogen-bond acceptors (Lipinski definition) is 5. The second-order valence-electron chi connectivity index (χ2n) is 5.47. The molecule has 2 aromatic carbocycles. The summed E-state index contributed by atoms with van der Waals surface area (Å²) >= 11 is 0. The van der Waals surface area contributed by atoms with Crippen molar-refractivity contribution in [1.29, 1.82) is 0 Å². The number of ether oxygens (including phenoxy) is 1. The molecular weight excluding hydrogens is 306 g/mol. The zero-order chi connectivity index (χ0) is 16.9. The van der Waals surface area contributed by atoms with E-state index in [2.05, 4.69) is 25.9 Å². The van der Waals surface area contributed by atoms with E-state index in [4.69, 9.17) is 4.74 Å². The van der Waals surface area contributed by atoms with Gasteiger partial charge in [-0.1, -0.05) is 12.1 Å². The molecule has 0 fully saturated rings. The van der Waals surface area contributed by atoms with Crippen molar-refractivity contribution in [3.8, 4) is 17.1 Å². The molecule has 7 nitrogen and oxygen atoms in total. The molecule has 0 saturated heterocycles. The number of carbonyl (C=O) groups is 1. The number of amides is 1.